The van der Waals surface area contributed by atoms with E-state index in [4.69, 9.17) is 4.74 Å². The Morgan fingerprint density at radius 1 is 1.67 bits per heavy atom. The van der Waals surface area contributed by atoms with Crippen LogP contribution in [0, 0.1) is 0 Å². The monoisotopic (exact) mass is 207 g/mol. The van der Waals surface area contributed by atoms with Crippen LogP contribution in [0.3, 0.4) is 0 Å². The number of hydrogen-bond acceptors (Lipinski definition) is 5. The van der Waals surface area contributed by atoms with Crippen LogP contribution in [-0.2, 0) is 4.74 Å². The Labute approximate surface area is 84.4 Å². The van der Waals surface area contributed by atoms with Crippen molar-refractivity contribution in [2.24, 2.45) is 5.10 Å². The van der Waals surface area contributed by atoms with Crippen molar-refractivity contribution in [1.29, 1.82) is 0 Å². The molecule has 15 heavy (non-hydrogen) atoms. The molecule has 0 bridgehead atoms. The summed E-state index contributed by atoms with van der Waals surface area (Å²) in [6, 6.07) is 0. The zero-order valence-electron chi connectivity index (χ0n) is 8.04. The second kappa shape index (κ2) is 3.91. The molecule has 7 heteroatoms. The van der Waals surface area contributed by atoms with Gasteiger partial charge in [0.25, 0.3) is 5.56 Å². The molecule has 1 N–H and O–H groups in total. The number of nitrogens with one attached hydrogen (secondary N) is 1. The van der Waals surface area contributed by atoms with Gasteiger partial charge in [0.2, 0.25) is 0 Å². The fourth-order valence-electron chi connectivity index (χ4n) is 1.06. The van der Waals surface area contributed by atoms with Crippen LogP contribution in [-0.4, -0.2) is 32.6 Å². The van der Waals surface area contributed by atoms with Crippen molar-refractivity contribution < 1.29 is 4.74 Å². The van der Waals surface area contributed by atoms with Gasteiger partial charge in [-0.15, -0.1) is 5.10 Å². The highest BCUT2D eigenvalue weighted by Crippen LogP contribution is 1.96. The Hall–Kier alpha value is -2.18. The summed E-state index contributed by atoms with van der Waals surface area (Å²) in [5.74, 6) is 0. The lowest BCUT2D eigenvalue weighted by atomic mass is 10.5. The maximum absolute atomic E-state index is 11.7. The Morgan fingerprint density at radius 2 is 2.53 bits per heavy atom. The largest absolute Gasteiger partial charge is 0.482 e. The van der Waals surface area contributed by atoms with Crippen molar-refractivity contribution in [2.45, 2.75) is 6.92 Å². The molecule has 2 aromatic heterocycles. The molecule has 2 aromatic rings. The number of hydrogen-bond donors (Lipinski definition) is 1. The molecule has 0 radical (unpaired) electrons. The van der Waals surface area contributed by atoms with Crippen LogP contribution in [0.15, 0.2) is 22.6 Å². The Balaban J connectivity index is 2.44. The molecule has 2 rings (SSSR count). The molecule has 2 heterocycles. The molecule has 0 spiro atoms. The predicted molar refractivity (Wildman–Crippen MR) is 53.7 cm³/mol. The molecule has 0 saturated carbocycles. The number of aromatic amines is 1. The first-order valence-corrected chi connectivity index (χ1v) is 4.38. The number of ether oxygens (including phenoxy) is 1. The fourth-order valence-corrected chi connectivity index (χ4v) is 1.06. The lowest BCUT2D eigenvalue weighted by Crippen LogP contribution is -2.17. The standard InChI is InChI=1S/C8H9N5O2/c1-2-15-5-12-13-4-11-7-6(8(13)14)9-3-10-7/h3-5H,2H2,1H3,(H,9,10)/b12-5+. The average molecular weight is 207 g/mol. The summed E-state index contributed by atoms with van der Waals surface area (Å²) in [5, 5.41) is 3.77. The van der Waals surface area contributed by atoms with E-state index < -0.39 is 0 Å². The third kappa shape index (κ3) is 1.71. The van der Waals surface area contributed by atoms with E-state index in [1.165, 1.54) is 19.1 Å². The normalized spacial score (nSPS) is 11.3. The summed E-state index contributed by atoms with van der Waals surface area (Å²) in [6.45, 7) is 2.32. The van der Waals surface area contributed by atoms with Crippen molar-refractivity contribution in [2.75, 3.05) is 6.61 Å². The van der Waals surface area contributed by atoms with Crippen molar-refractivity contribution in [3.8, 4) is 0 Å². The van der Waals surface area contributed by atoms with Gasteiger partial charge < -0.3 is 9.72 Å². The van der Waals surface area contributed by atoms with Gasteiger partial charge in [-0.3, -0.25) is 4.79 Å². The van der Waals surface area contributed by atoms with Gasteiger partial charge in [-0.05, 0) is 6.92 Å². The maximum atomic E-state index is 11.7. The van der Waals surface area contributed by atoms with E-state index in [0.29, 0.717) is 17.8 Å². The summed E-state index contributed by atoms with van der Waals surface area (Å²) in [6.07, 6.45) is 3.90. The van der Waals surface area contributed by atoms with Crippen LogP contribution in [0.4, 0.5) is 0 Å². The number of fused-ring (bicyclic) bond motifs is 1. The molecule has 0 unspecified atom stereocenters. The quantitative estimate of drug-likeness (QED) is 0.564. The van der Waals surface area contributed by atoms with Gasteiger partial charge >= 0.3 is 0 Å². The lowest BCUT2D eigenvalue weighted by Gasteiger charge is -1.96. The number of aromatic nitrogens is 4. The van der Waals surface area contributed by atoms with Crippen molar-refractivity contribution in [3.05, 3.63) is 23.0 Å². The van der Waals surface area contributed by atoms with Crippen molar-refractivity contribution in [1.82, 2.24) is 19.6 Å². The van der Waals surface area contributed by atoms with Crippen LogP contribution in [0.1, 0.15) is 6.92 Å². The van der Waals surface area contributed by atoms with E-state index in [0.717, 1.165) is 4.68 Å². The molecule has 0 aromatic carbocycles. The molecule has 0 aliphatic rings. The van der Waals surface area contributed by atoms with E-state index in [1.807, 2.05) is 6.92 Å². The molecule has 0 fully saturated rings. The van der Waals surface area contributed by atoms with Gasteiger partial charge in [0, 0.05) is 0 Å². The topological polar surface area (TPSA) is 85.2 Å². The van der Waals surface area contributed by atoms with E-state index in [1.54, 1.807) is 0 Å². The molecule has 0 amide bonds. The minimum absolute atomic E-state index is 0.312. The molecule has 7 nitrogen and oxygen atoms in total. The third-order valence-electron chi connectivity index (χ3n) is 1.74. The molecule has 0 aliphatic carbocycles. The van der Waals surface area contributed by atoms with Gasteiger partial charge in [0.1, 0.15) is 6.33 Å². The summed E-state index contributed by atoms with van der Waals surface area (Å²) in [7, 11) is 0. The van der Waals surface area contributed by atoms with Gasteiger partial charge in [-0.1, -0.05) is 0 Å². The zero-order valence-corrected chi connectivity index (χ0v) is 8.04. The zero-order chi connectivity index (χ0) is 10.7. The average Bonchev–Trinajstić information content (AvgIpc) is 2.70. The highest BCUT2D eigenvalue weighted by Gasteiger charge is 2.03. The Bertz CT molecular complexity index is 541. The molecular formula is C8H9N5O2. The number of nitrogens with zero attached hydrogens (tertiary/aromatic N) is 4. The van der Waals surface area contributed by atoms with Crippen LogP contribution < -0.4 is 5.56 Å². The Kier molecular flexibility index (Phi) is 2.44. The van der Waals surface area contributed by atoms with E-state index in [2.05, 4.69) is 20.1 Å². The van der Waals surface area contributed by atoms with Crippen LogP contribution in [0.5, 0.6) is 0 Å². The van der Waals surface area contributed by atoms with Crippen LogP contribution in [0.25, 0.3) is 11.2 Å². The first-order valence-electron chi connectivity index (χ1n) is 4.38. The minimum atomic E-state index is -0.312. The summed E-state index contributed by atoms with van der Waals surface area (Å²) in [5.41, 5.74) is 0.391. The maximum Gasteiger partial charge on any atom is 0.300 e. The van der Waals surface area contributed by atoms with Gasteiger partial charge in [0.15, 0.2) is 17.6 Å². The van der Waals surface area contributed by atoms with E-state index >= 15 is 0 Å². The van der Waals surface area contributed by atoms with E-state index in [9.17, 15) is 4.79 Å². The van der Waals surface area contributed by atoms with Gasteiger partial charge in [-0.2, -0.15) is 4.68 Å². The first kappa shape index (κ1) is 9.38. The van der Waals surface area contributed by atoms with Crippen molar-refractivity contribution in [3.63, 3.8) is 0 Å². The third-order valence-corrected chi connectivity index (χ3v) is 1.74. The number of imidazole rings is 1. The molecular weight excluding hydrogens is 198 g/mol. The smallest absolute Gasteiger partial charge is 0.300 e. The van der Waals surface area contributed by atoms with Crippen LogP contribution in [0.2, 0.25) is 0 Å². The molecule has 78 valence electrons. The molecule has 0 aliphatic heterocycles. The summed E-state index contributed by atoms with van der Waals surface area (Å²) < 4.78 is 5.96. The fraction of sp³-hybridized carbons (Fsp3) is 0.250. The van der Waals surface area contributed by atoms with Crippen LogP contribution >= 0.6 is 0 Å². The molecule has 0 saturated heterocycles. The van der Waals surface area contributed by atoms with Gasteiger partial charge in [-0.25, -0.2) is 9.97 Å². The second-order valence-corrected chi connectivity index (χ2v) is 2.67. The van der Waals surface area contributed by atoms with E-state index in [-0.39, 0.29) is 5.56 Å². The highest BCUT2D eigenvalue weighted by molar-refractivity contribution is 5.67. The number of rotatable bonds is 3. The van der Waals surface area contributed by atoms with Gasteiger partial charge in [0.05, 0.1) is 12.9 Å². The first-order chi connectivity index (χ1) is 7.33. The second-order valence-electron chi connectivity index (χ2n) is 2.67. The minimum Gasteiger partial charge on any atom is -0.482 e. The summed E-state index contributed by atoms with van der Waals surface area (Å²) >= 11 is 0. The Morgan fingerprint density at radius 3 is 3.33 bits per heavy atom. The summed E-state index contributed by atoms with van der Waals surface area (Å²) in [4.78, 5) is 22.1. The van der Waals surface area contributed by atoms with Crippen molar-refractivity contribution >= 4 is 17.6 Å². The molecule has 0 atom stereocenters. The predicted octanol–water partition coefficient (Wildman–Crippen LogP) is -0.0525. The lowest BCUT2D eigenvalue weighted by molar-refractivity contribution is 0.340. The highest BCUT2D eigenvalue weighted by atomic mass is 16.5. The number of H-pyrrole nitrogens is 1. The SMILES string of the molecule is CCO/C=N/n1cnc2nc[nH]c2c1=O.